The molecule has 26 heavy (non-hydrogen) atoms. The van der Waals surface area contributed by atoms with E-state index in [9.17, 15) is 0 Å². The molecule has 1 unspecified atom stereocenters. The maximum Gasteiger partial charge on any atom is 0.503 e. The molecule has 0 spiro atoms. The fourth-order valence-electron chi connectivity index (χ4n) is 3.17. The smallest absolute Gasteiger partial charge is 0.417 e. The molecule has 0 aromatic rings. The van der Waals surface area contributed by atoms with Crippen molar-refractivity contribution in [3.05, 3.63) is 0 Å². The lowest BCUT2D eigenvalue weighted by Gasteiger charge is -2.42. The van der Waals surface area contributed by atoms with E-state index in [1.165, 1.54) is 19.3 Å². The average Bonchev–Trinajstić information content (AvgIpc) is 2.63. The monoisotopic (exact) mass is 406 g/mol. The number of hydrogen-bond donors (Lipinski definition) is 0. The zero-order valence-electron chi connectivity index (χ0n) is 18.7. The van der Waals surface area contributed by atoms with Gasteiger partial charge in [-0.05, 0) is 45.2 Å². The summed E-state index contributed by atoms with van der Waals surface area (Å²) in [5.41, 5.74) is 0. The van der Waals surface area contributed by atoms with E-state index in [2.05, 4.69) is 47.7 Å². The third-order valence-electron chi connectivity index (χ3n) is 4.56. The van der Waals surface area contributed by atoms with E-state index in [-0.39, 0.29) is 0 Å². The molecular weight excluding hydrogens is 360 g/mol. The number of rotatable bonds is 18. The molecule has 0 bridgehead atoms. The first-order valence-electron chi connectivity index (χ1n) is 11.0. The lowest BCUT2D eigenvalue weighted by molar-refractivity contribution is 0.0523. The van der Waals surface area contributed by atoms with Gasteiger partial charge in [-0.25, -0.2) is 0 Å². The van der Waals surface area contributed by atoms with Crippen molar-refractivity contribution in [2.24, 2.45) is 0 Å². The summed E-state index contributed by atoms with van der Waals surface area (Å²) in [4.78, 5) is 0. The van der Waals surface area contributed by atoms with Crippen molar-refractivity contribution in [3.8, 4) is 0 Å². The van der Waals surface area contributed by atoms with Crippen molar-refractivity contribution >= 4 is 17.1 Å². The zero-order valence-corrected chi connectivity index (χ0v) is 20.7. The van der Waals surface area contributed by atoms with E-state index in [0.29, 0.717) is 25.0 Å². The summed E-state index contributed by atoms with van der Waals surface area (Å²) in [5, 5.41) is 0.303. The fourth-order valence-corrected chi connectivity index (χ4v) is 12.3. The minimum Gasteiger partial charge on any atom is -0.417 e. The van der Waals surface area contributed by atoms with Crippen LogP contribution in [0.2, 0.25) is 18.3 Å². The van der Waals surface area contributed by atoms with E-state index in [1.807, 2.05) is 0 Å². The first kappa shape index (κ1) is 26.3. The second-order valence-electron chi connectivity index (χ2n) is 7.65. The van der Waals surface area contributed by atoms with Crippen LogP contribution in [0.5, 0.6) is 0 Å². The topological polar surface area (TPSA) is 36.9 Å². The summed E-state index contributed by atoms with van der Waals surface area (Å²) in [6.45, 7) is 18.5. The molecule has 0 amide bonds. The lowest BCUT2D eigenvalue weighted by atomic mass is 10.2. The van der Waals surface area contributed by atoms with Gasteiger partial charge in [0.25, 0.3) is 0 Å². The Balaban J connectivity index is 5.71. The summed E-state index contributed by atoms with van der Waals surface area (Å²) >= 11 is 0. The van der Waals surface area contributed by atoms with E-state index in [1.54, 1.807) is 0 Å². The molecule has 0 aliphatic rings. The highest BCUT2D eigenvalue weighted by Gasteiger charge is 2.57. The molecule has 0 fully saturated rings. The van der Waals surface area contributed by atoms with Crippen molar-refractivity contribution < 1.29 is 17.7 Å². The quantitative estimate of drug-likeness (QED) is 0.197. The molecular formula is C20H46O4Si2. The molecule has 4 nitrogen and oxygen atoms in total. The van der Waals surface area contributed by atoms with Crippen LogP contribution < -0.4 is 0 Å². The molecule has 0 heterocycles. The summed E-state index contributed by atoms with van der Waals surface area (Å²) in [5.74, 6) is 0. The van der Waals surface area contributed by atoms with Crippen molar-refractivity contribution in [1.82, 2.24) is 0 Å². The molecule has 0 saturated carbocycles. The van der Waals surface area contributed by atoms with Crippen LogP contribution in [-0.4, -0.2) is 43.5 Å². The van der Waals surface area contributed by atoms with Crippen LogP contribution in [0.15, 0.2) is 0 Å². The van der Waals surface area contributed by atoms with Crippen LogP contribution in [-0.2, 0) is 17.7 Å². The van der Waals surface area contributed by atoms with Gasteiger partial charge >= 0.3 is 8.80 Å². The van der Waals surface area contributed by atoms with Crippen LogP contribution >= 0.6 is 0 Å². The van der Waals surface area contributed by atoms with E-state index in [0.717, 1.165) is 38.7 Å². The van der Waals surface area contributed by atoms with Gasteiger partial charge in [0.15, 0.2) is 8.32 Å². The summed E-state index contributed by atoms with van der Waals surface area (Å²) < 4.78 is 25.9. The second kappa shape index (κ2) is 15.2. The molecule has 0 aliphatic carbocycles. The van der Waals surface area contributed by atoms with Gasteiger partial charge < -0.3 is 17.7 Å². The molecule has 1 atom stereocenters. The first-order chi connectivity index (χ1) is 12.4. The van der Waals surface area contributed by atoms with Crippen molar-refractivity contribution in [3.63, 3.8) is 0 Å². The first-order valence-corrected chi connectivity index (χ1v) is 15.8. The number of unbranched alkanes of at least 4 members (excludes halogenated alkanes) is 2. The molecule has 158 valence electrons. The van der Waals surface area contributed by atoms with Crippen LogP contribution in [0.25, 0.3) is 0 Å². The predicted molar refractivity (Wildman–Crippen MR) is 116 cm³/mol. The molecule has 0 aromatic carbocycles. The SMILES string of the molecule is CCCCCC([Si](C)(C)OCCC)[Si](OCCC)(OCCC)OCCC. The Kier molecular flexibility index (Phi) is 15.4. The van der Waals surface area contributed by atoms with Crippen LogP contribution in [0.3, 0.4) is 0 Å². The Morgan fingerprint density at radius 1 is 0.577 bits per heavy atom. The summed E-state index contributed by atoms with van der Waals surface area (Å²) in [6.07, 6.45) is 8.77. The van der Waals surface area contributed by atoms with Gasteiger partial charge in [-0.1, -0.05) is 53.9 Å². The average molecular weight is 407 g/mol. The van der Waals surface area contributed by atoms with Crippen LogP contribution in [0.4, 0.5) is 0 Å². The standard InChI is InChI=1S/C20H46O4Si2/c1-8-13-14-15-20(25(6,7)21-16-9-2)26(22-17-10-3,23-18-11-4)24-19-12-5/h20H,8-19H2,1-7H3. The van der Waals surface area contributed by atoms with Gasteiger partial charge in [0.05, 0.1) is 0 Å². The largest absolute Gasteiger partial charge is 0.503 e. The summed E-state index contributed by atoms with van der Waals surface area (Å²) in [6, 6.07) is 0. The Hall–Kier alpha value is 0.274. The molecule has 0 saturated heterocycles. The Morgan fingerprint density at radius 3 is 1.38 bits per heavy atom. The maximum absolute atomic E-state index is 6.49. The van der Waals surface area contributed by atoms with Gasteiger partial charge in [0, 0.05) is 31.6 Å². The van der Waals surface area contributed by atoms with Gasteiger partial charge in [0.2, 0.25) is 0 Å². The Labute approximate surface area is 165 Å². The van der Waals surface area contributed by atoms with E-state index < -0.39 is 17.1 Å². The van der Waals surface area contributed by atoms with Crippen molar-refractivity contribution in [1.29, 1.82) is 0 Å². The lowest BCUT2D eigenvalue weighted by Crippen LogP contribution is -2.59. The maximum atomic E-state index is 6.49. The van der Waals surface area contributed by atoms with Crippen LogP contribution in [0, 0.1) is 0 Å². The molecule has 0 aromatic heterocycles. The fraction of sp³-hybridized carbons (Fsp3) is 1.00. The normalized spacial score (nSPS) is 14.0. The summed E-state index contributed by atoms with van der Waals surface area (Å²) in [7, 11) is -4.79. The van der Waals surface area contributed by atoms with E-state index in [4.69, 9.17) is 17.7 Å². The molecule has 0 radical (unpaired) electrons. The van der Waals surface area contributed by atoms with Crippen molar-refractivity contribution in [2.45, 2.75) is 104 Å². The minimum absolute atomic E-state index is 0.303. The Morgan fingerprint density at radius 2 is 1.00 bits per heavy atom. The van der Waals surface area contributed by atoms with Crippen LogP contribution in [0.1, 0.15) is 86.0 Å². The van der Waals surface area contributed by atoms with Gasteiger partial charge in [0.1, 0.15) is 0 Å². The number of hydrogen-bond acceptors (Lipinski definition) is 4. The highest BCUT2D eigenvalue weighted by atomic mass is 28.4. The third kappa shape index (κ3) is 9.46. The predicted octanol–water partition coefficient (Wildman–Crippen LogP) is 6.33. The zero-order chi connectivity index (χ0) is 19.9. The highest BCUT2D eigenvalue weighted by molar-refractivity contribution is 6.87. The van der Waals surface area contributed by atoms with Crippen molar-refractivity contribution in [2.75, 3.05) is 26.4 Å². The molecule has 0 aliphatic heterocycles. The van der Waals surface area contributed by atoms with Gasteiger partial charge in [-0.3, -0.25) is 0 Å². The van der Waals surface area contributed by atoms with Gasteiger partial charge in [-0.2, -0.15) is 0 Å². The van der Waals surface area contributed by atoms with E-state index >= 15 is 0 Å². The molecule has 0 rings (SSSR count). The van der Waals surface area contributed by atoms with Gasteiger partial charge in [-0.15, -0.1) is 0 Å². The minimum atomic E-state index is -2.79. The Bertz CT molecular complexity index is 305. The molecule has 6 heteroatoms. The third-order valence-corrected chi connectivity index (χ3v) is 13.6. The second-order valence-corrected chi connectivity index (χ2v) is 15.2. The molecule has 0 N–H and O–H groups in total. The highest BCUT2D eigenvalue weighted by Crippen LogP contribution is 2.40.